The highest BCUT2D eigenvalue weighted by atomic mass is 35.5. The summed E-state index contributed by atoms with van der Waals surface area (Å²) >= 11 is 5.88. The third-order valence-corrected chi connectivity index (χ3v) is 5.07. The van der Waals surface area contributed by atoms with E-state index in [2.05, 4.69) is 4.72 Å². The fourth-order valence-corrected chi connectivity index (χ4v) is 3.82. The first-order valence-electron chi connectivity index (χ1n) is 6.06. The number of aryl methyl sites for hydroxylation is 1. The van der Waals surface area contributed by atoms with Gasteiger partial charge in [0.05, 0.1) is 15.6 Å². The van der Waals surface area contributed by atoms with Crippen molar-refractivity contribution < 1.29 is 12.8 Å². The van der Waals surface area contributed by atoms with E-state index in [0.29, 0.717) is 16.8 Å². The Morgan fingerprint density at radius 1 is 1.19 bits per heavy atom. The molecule has 2 aromatic carbocycles. The summed E-state index contributed by atoms with van der Waals surface area (Å²) in [6, 6.07) is 6.71. The molecular formula is C14H14ClFN2O2S. The summed E-state index contributed by atoms with van der Waals surface area (Å²) in [5.41, 5.74) is 7.09. The van der Waals surface area contributed by atoms with Crippen LogP contribution in [0.5, 0.6) is 0 Å². The van der Waals surface area contributed by atoms with Crippen molar-refractivity contribution in [2.75, 3.05) is 10.5 Å². The molecule has 4 nitrogen and oxygen atoms in total. The van der Waals surface area contributed by atoms with Crippen LogP contribution in [0.15, 0.2) is 35.2 Å². The third kappa shape index (κ3) is 3.11. The molecule has 2 aromatic rings. The topological polar surface area (TPSA) is 72.2 Å². The van der Waals surface area contributed by atoms with Gasteiger partial charge in [-0.05, 0) is 49.2 Å². The van der Waals surface area contributed by atoms with Gasteiger partial charge in [0, 0.05) is 5.69 Å². The highest BCUT2D eigenvalue weighted by Gasteiger charge is 2.22. The molecule has 0 aromatic heterocycles. The minimum absolute atomic E-state index is 0.0158. The zero-order chi connectivity index (χ0) is 15.8. The van der Waals surface area contributed by atoms with E-state index in [1.807, 2.05) is 0 Å². The van der Waals surface area contributed by atoms with Crippen LogP contribution in [0.2, 0.25) is 5.02 Å². The van der Waals surface area contributed by atoms with E-state index in [-0.39, 0.29) is 15.6 Å². The Hall–Kier alpha value is -1.79. The maximum absolute atomic E-state index is 13.2. The first-order chi connectivity index (χ1) is 9.72. The van der Waals surface area contributed by atoms with Crippen molar-refractivity contribution in [3.05, 3.63) is 52.3 Å². The Morgan fingerprint density at radius 3 is 2.52 bits per heavy atom. The van der Waals surface area contributed by atoms with E-state index in [4.69, 9.17) is 17.3 Å². The van der Waals surface area contributed by atoms with Crippen molar-refractivity contribution in [3.63, 3.8) is 0 Å². The Labute approximate surface area is 127 Å². The van der Waals surface area contributed by atoms with Gasteiger partial charge in [-0.1, -0.05) is 17.7 Å². The van der Waals surface area contributed by atoms with Crippen LogP contribution in [0, 0.1) is 19.7 Å². The molecule has 2 rings (SSSR count). The molecular weight excluding hydrogens is 315 g/mol. The third-order valence-electron chi connectivity index (χ3n) is 3.09. The summed E-state index contributed by atoms with van der Waals surface area (Å²) in [6.07, 6.45) is 0. The number of nitrogens with one attached hydrogen (secondary N) is 1. The normalized spacial score (nSPS) is 11.4. The standard InChI is InChI=1S/C14H14ClFN2O2S/c1-8-3-6-12(17)9(2)14(8)21(19,20)18-13-7-10(16)4-5-11(13)15/h3-7,18H,17H2,1-2H3. The fourth-order valence-electron chi connectivity index (χ4n) is 2.03. The van der Waals surface area contributed by atoms with Crippen LogP contribution in [-0.2, 0) is 10.0 Å². The molecule has 0 fully saturated rings. The smallest absolute Gasteiger partial charge is 0.262 e. The summed E-state index contributed by atoms with van der Waals surface area (Å²) in [5, 5.41) is 0.110. The molecule has 0 amide bonds. The first kappa shape index (κ1) is 15.6. The highest BCUT2D eigenvalue weighted by Crippen LogP contribution is 2.29. The predicted molar refractivity (Wildman–Crippen MR) is 82.5 cm³/mol. The number of hydrogen-bond acceptors (Lipinski definition) is 3. The quantitative estimate of drug-likeness (QED) is 0.847. The molecule has 112 valence electrons. The van der Waals surface area contributed by atoms with Crippen molar-refractivity contribution in [1.29, 1.82) is 0 Å². The maximum atomic E-state index is 13.2. The van der Waals surface area contributed by atoms with Gasteiger partial charge in [-0.15, -0.1) is 0 Å². The first-order valence-corrected chi connectivity index (χ1v) is 7.92. The fraction of sp³-hybridized carbons (Fsp3) is 0.143. The van der Waals surface area contributed by atoms with Crippen molar-refractivity contribution in [3.8, 4) is 0 Å². The second-order valence-electron chi connectivity index (χ2n) is 4.66. The van der Waals surface area contributed by atoms with Gasteiger partial charge < -0.3 is 5.73 Å². The summed E-state index contributed by atoms with van der Waals surface area (Å²) < 4.78 is 40.6. The van der Waals surface area contributed by atoms with Gasteiger partial charge in [0.2, 0.25) is 0 Å². The average molecular weight is 329 g/mol. The molecule has 0 heterocycles. The van der Waals surface area contributed by atoms with Crippen LogP contribution >= 0.6 is 11.6 Å². The van der Waals surface area contributed by atoms with Gasteiger partial charge in [-0.2, -0.15) is 0 Å². The molecule has 0 aliphatic carbocycles. The number of hydrogen-bond donors (Lipinski definition) is 2. The lowest BCUT2D eigenvalue weighted by Crippen LogP contribution is -2.17. The van der Waals surface area contributed by atoms with Crippen molar-refractivity contribution >= 4 is 33.0 Å². The lowest BCUT2D eigenvalue weighted by molar-refractivity contribution is 0.600. The van der Waals surface area contributed by atoms with Crippen molar-refractivity contribution in [2.45, 2.75) is 18.7 Å². The van der Waals surface area contributed by atoms with Gasteiger partial charge in [-0.25, -0.2) is 12.8 Å². The molecule has 0 saturated carbocycles. The van der Waals surface area contributed by atoms with E-state index in [1.54, 1.807) is 26.0 Å². The van der Waals surface area contributed by atoms with E-state index in [0.717, 1.165) is 12.1 Å². The van der Waals surface area contributed by atoms with E-state index in [9.17, 15) is 12.8 Å². The Bertz CT molecular complexity index is 807. The lowest BCUT2D eigenvalue weighted by Gasteiger charge is -2.15. The molecule has 0 unspecified atom stereocenters. The Morgan fingerprint density at radius 2 is 1.86 bits per heavy atom. The number of halogens is 2. The van der Waals surface area contributed by atoms with Crippen LogP contribution in [-0.4, -0.2) is 8.42 Å². The molecule has 0 radical (unpaired) electrons. The van der Waals surface area contributed by atoms with Gasteiger partial charge in [0.25, 0.3) is 10.0 Å². The zero-order valence-corrected chi connectivity index (χ0v) is 13.0. The molecule has 7 heteroatoms. The molecule has 3 N–H and O–H groups in total. The number of anilines is 2. The van der Waals surface area contributed by atoms with E-state index >= 15 is 0 Å². The summed E-state index contributed by atoms with van der Waals surface area (Å²) in [7, 11) is -3.92. The number of rotatable bonds is 3. The molecule has 0 bridgehead atoms. The van der Waals surface area contributed by atoms with E-state index in [1.165, 1.54) is 6.07 Å². The molecule has 0 aliphatic heterocycles. The maximum Gasteiger partial charge on any atom is 0.262 e. The highest BCUT2D eigenvalue weighted by molar-refractivity contribution is 7.92. The minimum Gasteiger partial charge on any atom is -0.398 e. The molecule has 0 atom stereocenters. The van der Waals surface area contributed by atoms with Crippen LogP contribution in [0.4, 0.5) is 15.8 Å². The monoisotopic (exact) mass is 328 g/mol. The molecule has 0 aliphatic rings. The van der Waals surface area contributed by atoms with Crippen molar-refractivity contribution in [2.24, 2.45) is 0 Å². The molecule has 0 saturated heterocycles. The van der Waals surface area contributed by atoms with Gasteiger partial charge >= 0.3 is 0 Å². The largest absolute Gasteiger partial charge is 0.398 e. The number of sulfonamides is 1. The number of nitrogens with two attached hydrogens (primary N) is 1. The number of benzene rings is 2. The second-order valence-corrected chi connectivity index (χ2v) is 6.68. The van der Waals surface area contributed by atoms with Gasteiger partial charge in [0.15, 0.2) is 0 Å². The molecule has 21 heavy (non-hydrogen) atoms. The van der Waals surface area contributed by atoms with Crippen LogP contribution < -0.4 is 10.5 Å². The van der Waals surface area contributed by atoms with Crippen LogP contribution in [0.1, 0.15) is 11.1 Å². The van der Waals surface area contributed by atoms with Gasteiger partial charge in [0.1, 0.15) is 5.82 Å². The zero-order valence-electron chi connectivity index (χ0n) is 11.4. The Kier molecular flexibility index (Phi) is 4.11. The predicted octanol–water partition coefficient (Wildman–Crippen LogP) is 3.48. The number of nitrogen functional groups attached to an aromatic ring is 1. The molecule has 0 spiro atoms. The minimum atomic E-state index is -3.92. The van der Waals surface area contributed by atoms with Crippen molar-refractivity contribution in [1.82, 2.24) is 0 Å². The SMILES string of the molecule is Cc1ccc(N)c(C)c1S(=O)(=O)Nc1cc(F)ccc1Cl. The van der Waals surface area contributed by atoms with E-state index < -0.39 is 15.8 Å². The summed E-state index contributed by atoms with van der Waals surface area (Å²) in [4.78, 5) is 0.0721. The lowest BCUT2D eigenvalue weighted by atomic mass is 10.1. The second kappa shape index (κ2) is 5.54. The summed E-state index contributed by atoms with van der Waals surface area (Å²) in [5.74, 6) is -0.585. The van der Waals surface area contributed by atoms with Crippen LogP contribution in [0.3, 0.4) is 0 Å². The summed E-state index contributed by atoms with van der Waals surface area (Å²) in [6.45, 7) is 3.28. The Balaban J connectivity index is 2.54. The van der Waals surface area contributed by atoms with Gasteiger partial charge in [-0.3, -0.25) is 4.72 Å². The van der Waals surface area contributed by atoms with Crippen LogP contribution in [0.25, 0.3) is 0 Å². The average Bonchev–Trinajstić information content (AvgIpc) is 2.38.